The first-order chi connectivity index (χ1) is 8.27. The quantitative estimate of drug-likeness (QED) is 0.758. The first kappa shape index (κ1) is 12.4. The van der Waals surface area contributed by atoms with E-state index in [4.69, 9.17) is 11.6 Å². The lowest BCUT2D eigenvalue weighted by Gasteiger charge is -2.22. The molecule has 0 spiro atoms. The summed E-state index contributed by atoms with van der Waals surface area (Å²) in [4.78, 5) is 11.2. The fraction of sp³-hybridized carbons (Fsp3) is 0.636. The fourth-order valence-corrected chi connectivity index (χ4v) is 2.25. The molecule has 0 bridgehead atoms. The molecule has 0 aromatic carbocycles. The molecule has 0 amide bonds. The summed E-state index contributed by atoms with van der Waals surface area (Å²) in [7, 11) is 0. The predicted molar refractivity (Wildman–Crippen MR) is 68.6 cm³/mol. The topological polar surface area (TPSA) is 69.8 Å². The molecule has 1 aliphatic heterocycles. The second kappa shape index (κ2) is 6.02. The second-order valence-corrected chi connectivity index (χ2v) is 4.73. The number of rotatable bonds is 4. The van der Waals surface area contributed by atoms with Crippen molar-refractivity contribution in [3.63, 3.8) is 0 Å². The van der Waals surface area contributed by atoms with E-state index in [0.29, 0.717) is 11.6 Å². The highest BCUT2D eigenvalue weighted by molar-refractivity contribution is 6.32. The molecule has 0 aliphatic carbocycles. The predicted octanol–water partition coefficient (Wildman–Crippen LogP) is 1.22. The van der Waals surface area contributed by atoms with Gasteiger partial charge in [0.1, 0.15) is 5.02 Å². The van der Waals surface area contributed by atoms with Crippen LogP contribution < -0.4 is 16.2 Å². The SMILES string of the molecule is O=c1[nH]ncc(NCCC2CCCNC2)c1Cl. The average Bonchev–Trinajstić information content (AvgIpc) is 2.36. The van der Waals surface area contributed by atoms with Crippen molar-refractivity contribution in [3.05, 3.63) is 21.6 Å². The molecule has 1 aromatic heterocycles. The van der Waals surface area contributed by atoms with Crippen LogP contribution in [0.2, 0.25) is 5.02 Å². The molecule has 0 radical (unpaired) electrons. The highest BCUT2D eigenvalue weighted by Gasteiger charge is 2.12. The number of anilines is 1. The molecular formula is C11H17ClN4O. The zero-order valence-electron chi connectivity index (χ0n) is 9.63. The Morgan fingerprint density at radius 3 is 3.24 bits per heavy atom. The van der Waals surface area contributed by atoms with Crippen molar-refractivity contribution in [2.24, 2.45) is 5.92 Å². The van der Waals surface area contributed by atoms with Crippen LogP contribution in [-0.2, 0) is 0 Å². The molecule has 3 N–H and O–H groups in total. The molecule has 2 heterocycles. The van der Waals surface area contributed by atoms with Crippen LogP contribution in [0.25, 0.3) is 0 Å². The molecule has 6 heteroatoms. The van der Waals surface area contributed by atoms with E-state index in [1.165, 1.54) is 12.8 Å². The minimum atomic E-state index is -0.351. The van der Waals surface area contributed by atoms with Crippen LogP contribution in [0, 0.1) is 5.92 Å². The monoisotopic (exact) mass is 256 g/mol. The van der Waals surface area contributed by atoms with Crippen molar-refractivity contribution in [1.29, 1.82) is 0 Å². The number of aromatic amines is 1. The van der Waals surface area contributed by atoms with Crippen molar-refractivity contribution in [3.8, 4) is 0 Å². The fourth-order valence-electron chi connectivity index (χ4n) is 2.09. The van der Waals surface area contributed by atoms with Crippen LogP contribution in [0.1, 0.15) is 19.3 Å². The molecule has 0 saturated carbocycles. The third-order valence-corrected chi connectivity index (χ3v) is 3.44. The smallest absolute Gasteiger partial charge is 0.285 e. The van der Waals surface area contributed by atoms with Gasteiger partial charge in [-0.1, -0.05) is 11.6 Å². The zero-order chi connectivity index (χ0) is 12.1. The van der Waals surface area contributed by atoms with Gasteiger partial charge < -0.3 is 10.6 Å². The highest BCUT2D eigenvalue weighted by atomic mass is 35.5. The summed E-state index contributed by atoms with van der Waals surface area (Å²) in [5.74, 6) is 0.713. The molecule has 5 nitrogen and oxygen atoms in total. The van der Waals surface area contributed by atoms with Crippen LogP contribution in [-0.4, -0.2) is 29.8 Å². The Morgan fingerprint density at radius 1 is 1.59 bits per heavy atom. The summed E-state index contributed by atoms with van der Waals surface area (Å²) >= 11 is 5.86. The standard InChI is InChI=1S/C11H17ClN4O/c12-10-9(7-15-16-11(10)17)14-5-3-8-2-1-4-13-6-8/h7-8,13H,1-6H2,(H2,14,16,17). The van der Waals surface area contributed by atoms with Crippen molar-refractivity contribution < 1.29 is 0 Å². The number of piperidine rings is 1. The van der Waals surface area contributed by atoms with Crippen molar-refractivity contribution in [2.75, 3.05) is 25.0 Å². The molecule has 94 valence electrons. The molecule has 1 unspecified atom stereocenters. The molecule has 1 aliphatic rings. The highest BCUT2D eigenvalue weighted by Crippen LogP contribution is 2.17. The number of aromatic nitrogens is 2. The maximum absolute atomic E-state index is 11.2. The summed E-state index contributed by atoms with van der Waals surface area (Å²) < 4.78 is 0. The van der Waals surface area contributed by atoms with E-state index in [1.54, 1.807) is 6.20 Å². The molecule has 1 fully saturated rings. The zero-order valence-corrected chi connectivity index (χ0v) is 10.4. The minimum absolute atomic E-state index is 0.182. The third kappa shape index (κ3) is 3.44. The lowest BCUT2D eigenvalue weighted by atomic mass is 9.96. The number of hydrogen-bond acceptors (Lipinski definition) is 4. The number of nitrogens with zero attached hydrogens (tertiary/aromatic N) is 1. The molecule has 1 aromatic rings. The Labute approximate surface area is 105 Å². The average molecular weight is 257 g/mol. The summed E-state index contributed by atoms with van der Waals surface area (Å²) in [6.07, 6.45) is 5.15. The summed E-state index contributed by atoms with van der Waals surface area (Å²) in [6.45, 7) is 3.04. The van der Waals surface area contributed by atoms with Gasteiger partial charge in [0, 0.05) is 6.54 Å². The summed E-state index contributed by atoms with van der Waals surface area (Å²) in [5.41, 5.74) is 0.259. The Hall–Kier alpha value is -1.07. The largest absolute Gasteiger partial charge is 0.382 e. The van der Waals surface area contributed by atoms with E-state index in [0.717, 1.165) is 26.1 Å². The van der Waals surface area contributed by atoms with Gasteiger partial charge in [0.05, 0.1) is 11.9 Å². The number of halogens is 1. The van der Waals surface area contributed by atoms with Crippen LogP contribution in [0.15, 0.2) is 11.0 Å². The molecular weight excluding hydrogens is 240 g/mol. The second-order valence-electron chi connectivity index (χ2n) is 4.35. The molecule has 1 saturated heterocycles. The maximum atomic E-state index is 11.2. The van der Waals surface area contributed by atoms with Gasteiger partial charge in [-0.25, -0.2) is 5.10 Å². The summed E-state index contributed by atoms with van der Waals surface area (Å²) in [6, 6.07) is 0. The Balaban J connectivity index is 1.81. The van der Waals surface area contributed by atoms with E-state index in [9.17, 15) is 4.79 Å². The van der Waals surface area contributed by atoms with Crippen molar-refractivity contribution in [1.82, 2.24) is 15.5 Å². The normalized spacial score (nSPS) is 20.2. The van der Waals surface area contributed by atoms with E-state index >= 15 is 0 Å². The van der Waals surface area contributed by atoms with Gasteiger partial charge >= 0.3 is 0 Å². The van der Waals surface area contributed by atoms with Gasteiger partial charge in [-0.3, -0.25) is 4.79 Å². The van der Waals surface area contributed by atoms with Crippen LogP contribution in [0.5, 0.6) is 0 Å². The van der Waals surface area contributed by atoms with Crippen LogP contribution in [0.4, 0.5) is 5.69 Å². The lowest BCUT2D eigenvalue weighted by molar-refractivity contribution is 0.364. The minimum Gasteiger partial charge on any atom is -0.382 e. The van der Waals surface area contributed by atoms with Crippen LogP contribution in [0.3, 0.4) is 0 Å². The first-order valence-corrected chi connectivity index (χ1v) is 6.33. The molecule has 2 rings (SSSR count). The van der Waals surface area contributed by atoms with Gasteiger partial charge in [0.2, 0.25) is 0 Å². The van der Waals surface area contributed by atoms with E-state index in [2.05, 4.69) is 20.8 Å². The number of hydrogen-bond donors (Lipinski definition) is 3. The van der Waals surface area contributed by atoms with Gasteiger partial charge in [-0.2, -0.15) is 5.10 Å². The van der Waals surface area contributed by atoms with Gasteiger partial charge in [0.25, 0.3) is 5.56 Å². The maximum Gasteiger partial charge on any atom is 0.285 e. The summed E-state index contributed by atoms with van der Waals surface area (Å²) in [5, 5.41) is 12.7. The van der Waals surface area contributed by atoms with Gasteiger partial charge in [0.15, 0.2) is 0 Å². The van der Waals surface area contributed by atoms with E-state index in [1.807, 2.05) is 0 Å². The van der Waals surface area contributed by atoms with Crippen LogP contribution >= 0.6 is 11.6 Å². The van der Waals surface area contributed by atoms with Gasteiger partial charge in [-0.05, 0) is 38.3 Å². The van der Waals surface area contributed by atoms with E-state index in [-0.39, 0.29) is 10.6 Å². The number of nitrogens with one attached hydrogen (secondary N) is 3. The first-order valence-electron chi connectivity index (χ1n) is 5.95. The molecule has 17 heavy (non-hydrogen) atoms. The lowest BCUT2D eigenvalue weighted by Crippen LogP contribution is -2.30. The Bertz CT molecular complexity index is 414. The Morgan fingerprint density at radius 2 is 2.47 bits per heavy atom. The Kier molecular flexibility index (Phi) is 4.39. The number of H-pyrrole nitrogens is 1. The third-order valence-electron chi connectivity index (χ3n) is 3.06. The van der Waals surface area contributed by atoms with E-state index < -0.39 is 0 Å². The molecule has 1 atom stereocenters. The van der Waals surface area contributed by atoms with Crippen molar-refractivity contribution >= 4 is 17.3 Å². The van der Waals surface area contributed by atoms with Crippen molar-refractivity contribution in [2.45, 2.75) is 19.3 Å². The van der Waals surface area contributed by atoms with Gasteiger partial charge in [-0.15, -0.1) is 0 Å².